The van der Waals surface area contributed by atoms with E-state index in [2.05, 4.69) is 50.3 Å². The molecule has 356 valence electrons. The number of hydrogen-bond donors (Lipinski definition) is 0. The lowest BCUT2D eigenvalue weighted by molar-refractivity contribution is -0.889. The van der Waals surface area contributed by atoms with Gasteiger partial charge < -0.3 is 28.6 Å². The first-order valence-corrected chi connectivity index (χ1v) is 24.5. The monoisotopic (exact) mass is 876 g/mol. The smallest absolute Gasteiger partial charge is 0.306 e. The van der Waals surface area contributed by atoms with E-state index in [0.29, 0.717) is 12.8 Å². The van der Waals surface area contributed by atoms with Gasteiger partial charge in [0.15, 0.2) is 6.10 Å². The van der Waals surface area contributed by atoms with Gasteiger partial charge in [-0.3, -0.25) is 9.59 Å². The maximum atomic E-state index is 12.8. The summed E-state index contributed by atoms with van der Waals surface area (Å²) in [4.78, 5) is 37.0. The zero-order chi connectivity index (χ0) is 46.3. The number of carbonyl (C=O) groups is 3. The topological polar surface area (TPSA) is 102 Å². The van der Waals surface area contributed by atoms with Crippen LogP contribution in [0, 0.1) is 0 Å². The summed E-state index contributed by atoms with van der Waals surface area (Å²) in [6.45, 7) is 4.43. The molecule has 0 saturated carbocycles. The number of aliphatic carboxylic acids is 1. The Hall–Kier alpha value is -4.01. The number of ether oxygens (including phenoxy) is 3. The Labute approximate surface area is 385 Å². The van der Waals surface area contributed by atoms with Crippen LogP contribution in [0.15, 0.2) is 109 Å². The Morgan fingerprint density at radius 3 is 1.35 bits per heavy atom. The van der Waals surface area contributed by atoms with Gasteiger partial charge in [0.05, 0.1) is 40.3 Å². The lowest BCUT2D eigenvalue weighted by atomic mass is 10.1. The van der Waals surface area contributed by atoms with Gasteiger partial charge in [0.2, 0.25) is 0 Å². The van der Waals surface area contributed by atoms with Gasteiger partial charge in [0.25, 0.3) is 0 Å². The van der Waals surface area contributed by atoms with Crippen LogP contribution in [0.4, 0.5) is 0 Å². The summed E-state index contributed by atoms with van der Waals surface area (Å²) < 4.78 is 17.2. The Morgan fingerprint density at radius 1 is 0.492 bits per heavy atom. The lowest BCUT2D eigenvalue weighted by Gasteiger charge is -2.34. The second-order valence-electron chi connectivity index (χ2n) is 17.2. The van der Waals surface area contributed by atoms with Crippen LogP contribution in [0.2, 0.25) is 0 Å². The van der Waals surface area contributed by atoms with Crippen molar-refractivity contribution in [3.05, 3.63) is 109 Å². The van der Waals surface area contributed by atoms with Gasteiger partial charge in [0, 0.05) is 19.3 Å². The largest absolute Gasteiger partial charge is 0.544 e. The van der Waals surface area contributed by atoms with E-state index in [1.807, 2.05) is 72.9 Å². The number of quaternary nitrogens is 1. The first kappa shape index (κ1) is 59.0. The molecule has 0 heterocycles. The van der Waals surface area contributed by atoms with E-state index in [9.17, 15) is 19.5 Å². The van der Waals surface area contributed by atoms with E-state index in [0.717, 1.165) is 51.4 Å². The van der Waals surface area contributed by atoms with Crippen LogP contribution < -0.4 is 5.11 Å². The fraction of sp³-hybridized carbons (Fsp3) is 0.618. The molecule has 0 fully saturated rings. The summed E-state index contributed by atoms with van der Waals surface area (Å²) >= 11 is 0. The summed E-state index contributed by atoms with van der Waals surface area (Å²) in [5.74, 6) is -1.81. The molecule has 0 spiro atoms. The highest BCUT2D eigenvalue weighted by Gasteiger charge is 2.25. The molecular weight excluding hydrogens is 787 g/mol. The Bertz CT molecular complexity index is 1390. The highest BCUT2D eigenvalue weighted by Crippen LogP contribution is 2.14. The summed E-state index contributed by atoms with van der Waals surface area (Å²) in [6.07, 6.45) is 61.1. The summed E-state index contributed by atoms with van der Waals surface area (Å²) in [6, 6.07) is -0.741. The molecule has 2 unspecified atom stereocenters. The summed E-state index contributed by atoms with van der Waals surface area (Å²) in [5, 5.41) is 11.7. The Kier molecular flexibility index (Phi) is 41.8. The van der Waals surface area contributed by atoms with Crippen molar-refractivity contribution in [1.82, 2.24) is 0 Å². The number of unbranched alkanes of at least 4 members (excludes halogenated alkanes) is 17. The second kappa shape index (κ2) is 44.6. The summed E-state index contributed by atoms with van der Waals surface area (Å²) in [5.41, 5.74) is 0. The van der Waals surface area contributed by atoms with Crippen LogP contribution in [-0.2, 0) is 28.6 Å². The van der Waals surface area contributed by atoms with Crippen LogP contribution in [0.5, 0.6) is 0 Å². The minimum atomic E-state index is -1.14. The van der Waals surface area contributed by atoms with E-state index in [1.165, 1.54) is 77.0 Å². The molecule has 0 aliphatic rings. The molecule has 0 N–H and O–H groups in total. The molecule has 0 aliphatic heterocycles. The maximum absolute atomic E-state index is 12.8. The number of carboxylic acid groups (broad SMARTS) is 1. The third kappa shape index (κ3) is 43.0. The van der Waals surface area contributed by atoms with Crippen molar-refractivity contribution in [1.29, 1.82) is 0 Å². The average Bonchev–Trinajstić information content (AvgIpc) is 3.24. The van der Waals surface area contributed by atoms with Gasteiger partial charge in [-0.1, -0.05) is 200 Å². The Balaban J connectivity index is 4.41. The molecule has 0 saturated heterocycles. The summed E-state index contributed by atoms with van der Waals surface area (Å²) in [7, 11) is 5.38. The van der Waals surface area contributed by atoms with E-state index in [1.54, 1.807) is 21.1 Å². The second-order valence-corrected chi connectivity index (χ2v) is 17.2. The average molecular weight is 876 g/mol. The zero-order valence-electron chi connectivity index (χ0n) is 40.4. The number of allylic oxidation sites excluding steroid dienone is 18. The van der Waals surface area contributed by atoms with E-state index >= 15 is 0 Å². The molecular formula is C55H89NO7. The van der Waals surface area contributed by atoms with Crippen molar-refractivity contribution in [3.63, 3.8) is 0 Å². The molecule has 0 aromatic rings. The molecule has 8 heteroatoms. The molecule has 0 radical (unpaired) electrons. The number of carbonyl (C=O) groups excluding carboxylic acids is 3. The zero-order valence-corrected chi connectivity index (χ0v) is 40.4. The van der Waals surface area contributed by atoms with E-state index in [-0.39, 0.29) is 49.1 Å². The fourth-order valence-electron chi connectivity index (χ4n) is 6.57. The number of esters is 2. The van der Waals surface area contributed by atoms with Crippen molar-refractivity contribution < 1.29 is 38.2 Å². The van der Waals surface area contributed by atoms with E-state index in [4.69, 9.17) is 14.2 Å². The minimum absolute atomic E-state index is 0.0170. The number of carboxylic acids is 1. The van der Waals surface area contributed by atoms with Crippen LogP contribution in [-0.4, -0.2) is 75.5 Å². The minimum Gasteiger partial charge on any atom is -0.544 e. The predicted octanol–water partition coefficient (Wildman–Crippen LogP) is 12.7. The number of nitrogens with zero attached hydrogens (tertiary/aromatic N) is 1. The molecule has 0 aromatic heterocycles. The first-order chi connectivity index (χ1) is 30.6. The molecule has 63 heavy (non-hydrogen) atoms. The van der Waals surface area contributed by atoms with Crippen molar-refractivity contribution >= 4 is 17.9 Å². The quantitative estimate of drug-likeness (QED) is 0.0260. The molecule has 0 amide bonds. The lowest BCUT2D eigenvalue weighted by Crippen LogP contribution is -2.55. The van der Waals surface area contributed by atoms with Crippen LogP contribution in [0.25, 0.3) is 0 Å². The molecule has 0 aromatic carbocycles. The molecule has 0 aliphatic carbocycles. The molecule has 8 nitrogen and oxygen atoms in total. The third-order valence-corrected chi connectivity index (χ3v) is 10.4. The highest BCUT2D eigenvalue weighted by molar-refractivity contribution is 5.70. The number of likely N-dealkylation sites (N-methyl/N-ethyl adjacent to an activating group) is 1. The molecule has 2 atom stereocenters. The van der Waals surface area contributed by atoms with Crippen LogP contribution in [0.3, 0.4) is 0 Å². The number of hydrogen-bond acceptors (Lipinski definition) is 7. The van der Waals surface area contributed by atoms with Gasteiger partial charge in [-0.2, -0.15) is 0 Å². The fourth-order valence-corrected chi connectivity index (χ4v) is 6.57. The molecule has 0 bridgehead atoms. The van der Waals surface area contributed by atoms with Gasteiger partial charge in [0.1, 0.15) is 12.6 Å². The van der Waals surface area contributed by atoms with Crippen molar-refractivity contribution in [2.75, 3.05) is 41.0 Å². The van der Waals surface area contributed by atoms with Crippen LogP contribution >= 0.6 is 0 Å². The van der Waals surface area contributed by atoms with Crippen molar-refractivity contribution in [3.8, 4) is 0 Å². The van der Waals surface area contributed by atoms with Gasteiger partial charge in [-0.25, -0.2) is 0 Å². The normalized spacial score (nSPS) is 13.9. The number of rotatable bonds is 42. The van der Waals surface area contributed by atoms with Crippen molar-refractivity contribution in [2.24, 2.45) is 0 Å². The SMILES string of the molecule is CC/C=C/C=C/C=C/C=C/C=C/C=C/C=C/CCCCCC(=O)OCC(COCCC(C(=O)[O-])[N+](C)(C)C)OC(=O)CCCCCCCCCCCC/C=C/C=C/CCCCCC. The van der Waals surface area contributed by atoms with Gasteiger partial charge >= 0.3 is 11.9 Å². The van der Waals surface area contributed by atoms with Crippen molar-refractivity contribution in [2.45, 2.75) is 180 Å². The van der Waals surface area contributed by atoms with Gasteiger partial charge in [-0.15, -0.1) is 0 Å². The third-order valence-electron chi connectivity index (χ3n) is 10.4. The van der Waals surface area contributed by atoms with Gasteiger partial charge in [-0.05, 0) is 57.8 Å². The highest BCUT2D eigenvalue weighted by atomic mass is 16.6. The molecule has 0 rings (SSSR count). The first-order valence-electron chi connectivity index (χ1n) is 24.5. The van der Waals surface area contributed by atoms with E-state index < -0.39 is 18.1 Å². The van der Waals surface area contributed by atoms with Crippen LogP contribution in [0.1, 0.15) is 168 Å². The predicted molar refractivity (Wildman–Crippen MR) is 263 cm³/mol. The maximum Gasteiger partial charge on any atom is 0.306 e. The standard InChI is InChI=1S/C55H89NO7/c1-6-8-10-12-14-16-18-20-22-24-26-28-30-32-34-36-38-40-42-44-46-54(58)63-51(49-61-48-47-52(55(59)60)56(3,4)5)50-62-53(57)45-43-41-39-37-35-33-31-29-27-25-23-21-19-17-15-13-11-9-7-2/h9,11,13,15-23,25,27,29,31,33,35,51-52H,6-8,10,12,14,24,26,28,30,32,34,36-50H2,1-5H3/b11-9+,15-13+,18-16+,19-17+,22-20+,23-21+,27-25+,31-29+,35-33+. The Morgan fingerprint density at radius 2 is 0.889 bits per heavy atom.